The van der Waals surface area contributed by atoms with E-state index in [1.807, 2.05) is 48.5 Å². The van der Waals surface area contributed by atoms with Crippen molar-refractivity contribution in [2.24, 2.45) is 5.73 Å². The molecule has 2 aromatic carbocycles. The maximum atomic E-state index is 11.3. The number of methoxy groups -OCH3 is 1. The van der Waals surface area contributed by atoms with Crippen LogP contribution in [0.3, 0.4) is 0 Å². The van der Waals surface area contributed by atoms with Gasteiger partial charge in [-0.25, -0.2) is 0 Å². The molecule has 0 aliphatic carbocycles. The van der Waals surface area contributed by atoms with Crippen molar-refractivity contribution in [1.82, 2.24) is 0 Å². The maximum Gasteiger partial charge on any atom is 0.322 e. The summed E-state index contributed by atoms with van der Waals surface area (Å²) in [4.78, 5) is 11.3. The molecule has 0 aliphatic rings. The van der Waals surface area contributed by atoms with Crippen LogP contribution in [0, 0.1) is 0 Å². The van der Waals surface area contributed by atoms with Gasteiger partial charge in [0.25, 0.3) is 0 Å². The molecule has 0 heterocycles. The molecular weight excluding hydrogens is 309 g/mol. The molecule has 0 bridgehead atoms. The summed E-state index contributed by atoms with van der Waals surface area (Å²) < 4.78 is 4.61. The standard InChI is InChI=1S/C16H16ClNO2.ClH/c1-20-16(19)15(18)10-11-2-4-12(5-3-11)13-6-8-14(17)9-7-13;/h2-9,15H,10,18H2,1H3;1H. The summed E-state index contributed by atoms with van der Waals surface area (Å²) in [6, 6.07) is 15.0. The van der Waals surface area contributed by atoms with Gasteiger partial charge in [0.05, 0.1) is 7.11 Å². The quantitative estimate of drug-likeness (QED) is 0.875. The third-order valence-electron chi connectivity index (χ3n) is 3.09. The van der Waals surface area contributed by atoms with Crippen LogP contribution in [0.15, 0.2) is 48.5 Å². The minimum atomic E-state index is -0.624. The molecule has 0 aliphatic heterocycles. The maximum absolute atomic E-state index is 11.3. The molecule has 112 valence electrons. The molecule has 0 radical (unpaired) electrons. The number of nitrogens with two attached hydrogens (primary N) is 1. The van der Waals surface area contributed by atoms with Gasteiger partial charge in [0, 0.05) is 5.02 Å². The van der Waals surface area contributed by atoms with Gasteiger partial charge < -0.3 is 10.5 Å². The topological polar surface area (TPSA) is 52.3 Å². The molecule has 0 saturated heterocycles. The van der Waals surface area contributed by atoms with Crippen LogP contribution < -0.4 is 5.73 Å². The minimum absolute atomic E-state index is 0. The number of benzene rings is 2. The molecule has 0 saturated carbocycles. The molecule has 2 aromatic rings. The number of ether oxygens (including phenoxy) is 1. The van der Waals surface area contributed by atoms with Crippen LogP contribution in [0.25, 0.3) is 11.1 Å². The van der Waals surface area contributed by atoms with Crippen LogP contribution in [-0.2, 0) is 16.0 Å². The highest BCUT2D eigenvalue weighted by molar-refractivity contribution is 6.30. The van der Waals surface area contributed by atoms with Crippen molar-refractivity contribution in [3.05, 3.63) is 59.1 Å². The van der Waals surface area contributed by atoms with Crippen molar-refractivity contribution in [2.45, 2.75) is 12.5 Å². The summed E-state index contributed by atoms with van der Waals surface area (Å²) >= 11 is 5.87. The SMILES string of the molecule is COC(=O)C(N)Cc1ccc(-c2ccc(Cl)cc2)cc1.Cl. The molecule has 0 aromatic heterocycles. The normalized spacial score (nSPS) is 11.4. The van der Waals surface area contributed by atoms with E-state index in [1.54, 1.807) is 0 Å². The average Bonchev–Trinajstić information content (AvgIpc) is 2.48. The zero-order chi connectivity index (χ0) is 14.5. The van der Waals surface area contributed by atoms with E-state index in [2.05, 4.69) is 4.74 Å². The second kappa shape index (κ2) is 8.03. The Morgan fingerprint density at radius 1 is 1.10 bits per heavy atom. The first-order valence-electron chi connectivity index (χ1n) is 6.28. The van der Waals surface area contributed by atoms with E-state index in [-0.39, 0.29) is 12.4 Å². The zero-order valence-corrected chi connectivity index (χ0v) is 13.2. The summed E-state index contributed by atoms with van der Waals surface area (Å²) in [6.45, 7) is 0. The summed E-state index contributed by atoms with van der Waals surface area (Å²) in [5.41, 5.74) is 8.93. The average molecular weight is 326 g/mol. The fraction of sp³-hybridized carbons (Fsp3) is 0.188. The van der Waals surface area contributed by atoms with Crippen LogP contribution >= 0.6 is 24.0 Å². The first-order chi connectivity index (χ1) is 9.60. The first-order valence-corrected chi connectivity index (χ1v) is 6.66. The molecule has 0 spiro atoms. The summed E-state index contributed by atoms with van der Waals surface area (Å²) in [5.74, 6) is -0.397. The third kappa shape index (κ3) is 4.74. The minimum Gasteiger partial charge on any atom is -0.468 e. The van der Waals surface area contributed by atoms with E-state index in [1.165, 1.54) is 7.11 Å². The van der Waals surface area contributed by atoms with Gasteiger partial charge in [-0.1, -0.05) is 48.0 Å². The number of halogens is 2. The first kappa shape index (κ1) is 17.5. The molecule has 0 fully saturated rings. The van der Waals surface area contributed by atoms with E-state index in [0.29, 0.717) is 6.42 Å². The van der Waals surface area contributed by atoms with Gasteiger partial charge in [-0.3, -0.25) is 4.79 Å². The second-order valence-corrected chi connectivity index (χ2v) is 4.97. The lowest BCUT2D eigenvalue weighted by Crippen LogP contribution is -2.33. The number of hydrogen-bond acceptors (Lipinski definition) is 3. The van der Waals surface area contributed by atoms with Crippen LogP contribution in [0.5, 0.6) is 0 Å². The molecule has 3 nitrogen and oxygen atoms in total. The monoisotopic (exact) mass is 325 g/mol. The Kier molecular flexibility index (Phi) is 6.69. The lowest BCUT2D eigenvalue weighted by atomic mass is 10.0. The Labute approximate surface area is 135 Å². The van der Waals surface area contributed by atoms with Crippen LogP contribution in [0.1, 0.15) is 5.56 Å². The van der Waals surface area contributed by atoms with Crippen molar-refractivity contribution in [3.8, 4) is 11.1 Å². The smallest absolute Gasteiger partial charge is 0.322 e. The Hall–Kier alpha value is -1.55. The van der Waals surface area contributed by atoms with E-state index < -0.39 is 12.0 Å². The molecule has 1 atom stereocenters. The summed E-state index contributed by atoms with van der Waals surface area (Å²) in [6.07, 6.45) is 0.466. The van der Waals surface area contributed by atoms with Gasteiger partial charge in [-0.05, 0) is 35.2 Å². The Bertz CT molecular complexity index is 582. The predicted octanol–water partition coefficient (Wildman–Crippen LogP) is 3.47. The zero-order valence-electron chi connectivity index (χ0n) is 11.6. The Balaban J connectivity index is 0.00000220. The van der Waals surface area contributed by atoms with Gasteiger partial charge in [0.2, 0.25) is 0 Å². The molecule has 2 rings (SSSR count). The number of rotatable bonds is 4. The highest BCUT2D eigenvalue weighted by Gasteiger charge is 2.13. The van der Waals surface area contributed by atoms with Crippen molar-refractivity contribution < 1.29 is 9.53 Å². The predicted molar refractivity (Wildman–Crippen MR) is 87.8 cm³/mol. The summed E-state index contributed by atoms with van der Waals surface area (Å²) in [7, 11) is 1.34. The molecule has 2 N–H and O–H groups in total. The molecule has 21 heavy (non-hydrogen) atoms. The van der Waals surface area contributed by atoms with E-state index in [4.69, 9.17) is 17.3 Å². The van der Waals surface area contributed by atoms with Crippen molar-refractivity contribution in [1.29, 1.82) is 0 Å². The lowest BCUT2D eigenvalue weighted by Gasteiger charge is -2.10. The highest BCUT2D eigenvalue weighted by Crippen LogP contribution is 2.22. The van der Waals surface area contributed by atoms with Gasteiger partial charge in [-0.15, -0.1) is 12.4 Å². The largest absolute Gasteiger partial charge is 0.468 e. The van der Waals surface area contributed by atoms with Crippen LogP contribution in [0.4, 0.5) is 0 Å². The van der Waals surface area contributed by atoms with E-state index >= 15 is 0 Å². The van der Waals surface area contributed by atoms with Gasteiger partial charge >= 0.3 is 5.97 Å². The fourth-order valence-electron chi connectivity index (χ4n) is 1.96. The summed E-state index contributed by atoms with van der Waals surface area (Å²) in [5, 5.41) is 0.717. The number of esters is 1. The third-order valence-corrected chi connectivity index (χ3v) is 3.34. The van der Waals surface area contributed by atoms with Crippen LogP contribution in [0.2, 0.25) is 5.02 Å². The van der Waals surface area contributed by atoms with Crippen LogP contribution in [-0.4, -0.2) is 19.1 Å². The van der Waals surface area contributed by atoms with Crippen molar-refractivity contribution >= 4 is 30.0 Å². The van der Waals surface area contributed by atoms with Gasteiger partial charge in [0.15, 0.2) is 0 Å². The fourth-order valence-corrected chi connectivity index (χ4v) is 2.09. The van der Waals surface area contributed by atoms with E-state index in [9.17, 15) is 4.79 Å². The van der Waals surface area contributed by atoms with Gasteiger partial charge in [-0.2, -0.15) is 0 Å². The van der Waals surface area contributed by atoms with E-state index in [0.717, 1.165) is 21.7 Å². The van der Waals surface area contributed by atoms with Crippen molar-refractivity contribution in [3.63, 3.8) is 0 Å². The molecule has 1 unspecified atom stereocenters. The number of carbonyl (C=O) groups excluding carboxylic acids is 1. The second-order valence-electron chi connectivity index (χ2n) is 4.54. The Morgan fingerprint density at radius 2 is 1.57 bits per heavy atom. The Morgan fingerprint density at radius 3 is 2.05 bits per heavy atom. The molecular formula is C16H17Cl2NO2. The van der Waals surface area contributed by atoms with Crippen molar-refractivity contribution in [2.75, 3.05) is 7.11 Å². The molecule has 0 amide bonds. The molecule has 5 heteroatoms. The number of hydrogen-bond donors (Lipinski definition) is 1. The van der Waals surface area contributed by atoms with Gasteiger partial charge in [0.1, 0.15) is 6.04 Å². The number of carbonyl (C=O) groups is 1. The lowest BCUT2D eigenvalue weighted by molar-refractivity contribution is -0.142. The highest BCUT2D eigenvalue weighted by atomic mass is 35.5.